The van der Waals surface area contributed by atoms with Crippen molar-refractivity contribution in [3.05, 3.63) is 47.8 Å². The van der Waals surface area contributed by atoms with Gasteiger partial charge < -0.3 is 19.1 Å². The number of ether oxygens (including phenoxy) is 3. The number of amides is 1. The number of nitrogens with zero attached hydrogens (tertiary/aromatic N) is 1. The average molecular weight is 435 g/mol. The van der Waals surface area contributed by atoms with E-state index in [2.05, 4.69) is 0 Å². The van der Waals surface area contributed by atoms with Crippen LogP contribution in [-0.4, -0.2) is 48.3 Å². The van der Waals surface area contributed by atoms with Crippen LogP contribution in [0.2, 0.25) is 0 Å². The van der Waals surface area contributed by atoms with Crippen LogP contribution in [0.25, 0.3) is 0 Å². The number of carbonyl (C=O) groups excluding carboxylic acids is 1. The molecule has 0 aromatic heterocycles. The molecule has 0 saturated carbocycles. The fraction of sp³-hybridized carbons (Fsp3) is 0.381. The summed E-state index contributed by atoms with van der Waals surface area (Å²) in [7, 11) is -0.910. The molecule has 0 radical (unpaired) electrons. The highest BCUT2D eigenvalue weighted by Crippen LogP contribution is 2.39. The van der Waals surface area contributed by atoms with Crippen LogP contribution in [0.3, 0.4) is 0 Å². The minimum atomic E-state index is -4.03. The summed E-state index contributed by atoms with van der Waals surface area (Å²) >= 11 is 0. The minimum absolute atomic E-state index is 0.0426. The summed E-state index contributed by atoms with van der Waals surface area (Å²) in [6.45, 7) is 0.719. The first-order valence-corrected chi connectivity index (χ1v) is 11.0. The molecule has 0 N–H and O–H groups in total. The first kappa shape index (κ1) is 20.8. The molecule has 2 aromatic rings. The zero-order valence-corrected chi connectivity index (χ0v) is 17.5. The van der Waals surface area contributed by atoms with Gasteiger partial charge in [-0.15, -0.1) is 0 Å². The number of carbonyl (C=O) groups is 1. The Morgan fingerprint density at radius 3 is 2.53 bits per heavy atom. The lowest BCUT2D eigenvalue weighted by molar-refractivity contribution is -0.121. The van der Waals surface area contributed by atoms with Crippen molar-refractivity contribution < 1.29 is 31.8 Å². The molecule has 160 valence electrons. The van der Waals surface area contributed by atoms with Crippen molar-refractivity contribution in [2.45, 2.75) is 28.2 Å². The fourth-order valence-electron chi connectivity index (χ4n) is 3.85. The lowest BCUT2D eigenvalue weighted by Gasteiger charge is -2.36. The highest BCUT2D eigenvalue weighted by atomic mass is 32.2. The van der Waals surface area contributed by atoms with E-state index in [1.807, 2.05) is 0 Å². The number of rotatable bonds is 4. The Kier molecular flexibility index (Phi) is 5.29. The van der Waals surface area contributed by atoms with Crippen molar-refractivity contribution in [1.29, 1.82) is 0 Å². The molecular formula is C21H22FNO6S. The average Bonchev–Trinajstić information content (AvgIpc) is 2.76. The SMILES string of the molecule is COC1(c2cc(F)cc(S(=O)(=O)c3ccc4c(c3)OCC(=O)N4C)c2)CCOCC1. The third-order valence-electron chi connectivity index (χ3n) is 5.73. The quantitative estimate of drug-likeness (QED) is 0.735. The molecule has 2 heterocycles. The van der Waals surface area contributed by atoms with Crippen molar-refractivity contribution >= 4 is 21.4 Å². The molecule has 1 amide bonds. The third-order valence-corrected chi connectivity index (χ3v) is 7.46. The highest BCUT2D eigenvalue weighted by Gasteiger charge is 2.36. The zero-order valence-electron chi connectivity index (χ0n) is 16.7. The number of methoxy groups -OCH3 is 1. The number of sulfone groups is 1. The Bertz CT molecular complexity index is 1090. The second-order valence-corrected chi connectivity index (χ2v) is 9.31. The van der Waals surface area contributed by atoms with E-state index in [4.69, 9.17) is 14.2 Å². The summed E-state index contributed by atoms with van der Waals surface area (Å²) in [5, 5.41) is 0. The largest absolute Gasteiger partial charge is 0.482 e. The van der Waals surface area contributed by atoms with E-state index in [0.717, 1.165) is 6.07 Å². The van der Waals surface area contributed by atoms with E-state index in [9.17, 15) is 17.6 Å². The summed E-state index contributed by atoms with van der Waals surface area (Å²) < 4.78 is 57.5. The second-order valence-electron chi connectivity index (χ2n) is 7.36. The number of anilines is 1. The molecule has 0 atom stereocenters. The number of likely N-dealkylation sites (N-methyl/N-ethyl adjacent to an activating group) is 1. The maximum atomic E-state index is 14.5. The smallest absolute Gasteiger partial charge is 0.264 e. The zero-order chi connectivity index (χ0) is 21.5. The van der Waals surface area contributed by atoms with Crippen LogP contribution < -0.4 is 9.64 Å². The molecule has 30 heavy (non-hydrogen) atoms. The number of hydrogen-bond acceptors (Lipinski definition) is 6. The van der Waals surface area contributed by atoms with Crippen LogP contribution in [0.5, 0.6) is 5.75 Å². The van der Waals surface area contributed by atoms with Crippen LogP contribution in [0.1, 0.15) is 18.4 Å². The first-order chi connectivity index (χ1) is 14.3. The highest BCUT2D eigenvalue weighted by molar-refractivity contribution is 7.91. The Labute approximate surface area is 174 Å². The molecule has 0 unspecified atom stereocenters. The Hall–Kier alpha value is -2.49. The lowest BCUT2D eigenvalue weighted by atomic mass is 9.86. The van der Waals surface area contributed by atoms with E-state index in [1.54, 1.807) is 7.05 Å². The third kappa shape index (κ3) is 3.46. The first-order valence-electron chi connectivity index (χ1n) is 9.49. The standard InChI is InChI=1S/C21H22FNO6S/c1-23-18-4-3-16(12-19(18)29-13-20(23)24)30(25,26)17-10-14(9-15(22)11-17)21(27-2)5-7-28-8-6-21/h3-4,9-12H,5-8,13H2,1-2H3. The second kappa shape index (κ2) is 7.64. The monoisotopic (exact) mass is 435 g/mol. The van der Waals surface area contributed by atoms with Gasteiger partial charge in [-0.1, -0.05) is 0 Å². The van der Waals surface area contributed by atoms with Crippen molar-refractivity contribution in [2.24, 2.45) is 0 Å². The van der Waals surface area contributed by atoms with Gasteiger partial charge >= 0.3 is 0 Å². The minimum Gasteiger partial charge on any atom is -0.482 e. The van der Waals surface area contributed by atoms with Gasteiger partial charge in [0.25, 0.3) is 5.91 Å². The molecule has 4 rings (SSSR count). The van der Waals surface area contributed by atoms with Gasteiger partial charge in [-0.3, -0.25) is 4.79 Å². The molecule has 2 aliphatic rings. The maximum Gasteiger partial charge on any atom is 0.264 e. The summed E-state index contributed by atoms with van der Waals surface area (Å²) in [5.41, 5.74) is 0.143. The summed E-state index contributed by atoms with van der Waals surface area (Å²) in [4.78, 5) is 13.0. The van der Waals surface area contributed by atoms with Gasteiger partial charge in [0, 0.05) is 46.3 Å². The normalized spacial score (nSPS) is 18.6. The van der Waals surface area contributed by atoms with Gasteiger partial charge in [0.1, 0.15) is 11.6 Å². The van der Waals surface area contributed by atoms with Crippen LogP contribution in [-0.2, 0) is 29.7 Å². The number of hydrogen-bond donors (Lipinski definition) is 0. The van der Waals surface area contributed by atoms with Crippen molar-refractivity contribution in [2.75, 3.05) is 38.9 Å². The van der Waals surface area contributed by atoms with Gasteiger partial charge in [-0.05, 0) is 35.9 Å². The van der Waals surface area contributed by atoms with E-state index < -0.39 is 21.3 Å². The van der Waals surface area contributed by atoms with Crippen molar-refractivity contribution in [3.63, 3.8) is 0 Å². The van der Waals surface area contributed by atoms with Gasteiger partial charge in [0.15, 0.2) is 6.61 Å². The van der Waals surface area contributed by atoms with Crippen molar-refractivity contribution in [3.8, 4) is 5.75 Å². The summed E-state index contributed by atoms with van der Waals surface area (Å²) in [6.07, 6.45) is 0.999. The van der Waals surface area contributed by atoms with E-state index in [0.29, 0.717) is 37.3 Å². The Morgan fingerprint density at radius 1 is 1.10 bits per heavy atom. The Balaban J connectivity index is 1.77. The number of fused-ring (bicyclic) bond motifs is 1. The molecule has 0 spiro atoms. The predicted octanol–water partition coefficient (Wildman–Crippen LogP) is 2.67. The van der Waals surface area contributed by atoms with Gasteiger partial charge in [0.2, 0.25) is 9.84 Å². The predicted molar refractivity (Wildman–Crippen MR) is 106 cm³/mol. The molecule has 9 heteroatoms. The molecule has 2 aliphatic heterocycles. The Morgan fingerprint density at radius 2 is 1.83 bits per heavy atom. The van der Waals surface area contributed by atoms with Crippen LogP contribution in [0.15, 0.2) is 46.2 Å². The van der Waals surface area contributed by atoms with Gasteiger partial charge in [-0.25, -0.2) is 12.8 Å². The van der Waals surface area contributed by atoms with E-state index in [1.165, 1.54) is 42.3 Å². The summed E-state index contributed by atoms with van der Waals surface area (Å²) in [6, 6.07) is 8.02. The number of halogens is 1. The van der Waals surface area contributed by atoms with E-state index >= 15 is 0 Å². The topological polar surface area (TPSA) is 82.1 Å². The van der Waals surface area contributed by atoms with E-state index in [-0.39, 0.29) is 28.1 Å². The molecule has 7 nitrogen and oxygen atoms in total. The lowest BCUT2D eigenvalue weighted by Crippen LogP contribution is -2.36. The molecule has 2 aromatic carbocycles. The van der Waals surface area contributed by atoms with Crippen LogP contribution in [0.4, 0.5) is 10.1 Å². The molecule has 1 fully saturated rings. The van der Waals surface area contributed by atoms with Crippen LogP contribution in [0, 0.1) is 5.82 Å². The van der Waals surface area contributed by atoms with Gasteiger partial charge in [-0.2, -0.15) is 0 Å². The van der Waals surface area contributed by atoms with Gasteiger partial charge in [0.05, 0.1) is 21.1 Å². The fourth-order valence-corrected chi connectivity index (χ4v) is 5.19. The molecule has 1 saturated heterocycles. The molecular weight excluding hydrogens is 413 g/mol. The molecule has 0 bridgehead atoms. The van der Waals surface area contributed by atoms with Crippen LogP contribution >= 0.6 is 0 Å². The number of benzene rings is 2. The van der Waals surface area contributed by atoms with Crippen molar-refractivity contribution in [1.82, 2.24) is 0 Å². The molecule has 0 aliphatic carbocycles. The summed E-state index contributed by atoms with van der Waals surface area (Å²) in [5.74, 6) is -0.602. The maximum absolute atomic E-state index is 14.5.